The molecule has 1 N–H and O–H groups in total. The van der Waals surface area contributed by atoms with Crippen molar-refractivity contribution in [3.8, 4) is 6.07 Å². The van der Waals surface area contributed by atoms with Crippen molar-refractivity contribution in [3.05, 3.63) is 51.4 Å². The van der Waals surface area contributed by atoms with Gasteiger partial charge >= 0.3 is 5.97 Å². The zero-order valence-corrected chi connectivity index (χ0v) is 19.5. The quantitative estimate of drug-likeness (QED) is 0.391. The van der Waals surface area contributed by atoms with Crippen molar-refractivity contribution in [2.24, 2.45) is 0 Å². The summed E-state index contributed by atoms with van der Waals surface area (Å²) in [4.78, 5) is 28.9. The van der Waals surface area contributed by atoms with Gasteiger partial charge in [-0.2, -0.15) is 5.26 Å². The molecule has 0 unspecified atom stereocenters. The summed E-state index contributed by atoms with van der Waals surface area (Å²) in [5.74, 6) is -0.952. The number of hydrogen-bond donors (Lipinski definition) is 1. The second-order valence-electron chi connectivity index (χ2n) is 7.95. The molecule has 1 aromatic carbocycles. The highest BCUT2D eigenvalue weighted by molar-refractivity contribution is 7.17. The number of ether oxygens (including phenoxy) is 2. The van der Waals surface area contributed by atoms with Crippen molar-refractivity contribution < 1.29 is 19.1 Å². The number of fused-ring (bicyclic) bond motifs is 1. The zero-order chi connectivity index (χ0) is 23.2. The van der Waals surface area contributed by atoms with Crippen molar-refractivity contribution in [2.45, 2.75) is 32.6 Å². The van der Waals surface area contributed by atoms with E-state index in [1.165, 1.54) is 11.3 Å². The minimum Gasteiger partial charge on any atom is -0.462 e. The molecule has 7 nitrogen and oxygen atoms in total. The van der Waals surface area contributed by atoms with E-state index in [1.807, 2.05) is 30.3 Å². The molecule has 33 heavy (non-hydrogen) atoms. The van der Waals surface area contributed by atoms with Gasteiger partial charge in [-0.05, 0) is 61.9 Å². The summed E-state index contributed by atoms with van der Waals surface area (Å²) in [6.07, 6.45) is 5.32. The third-order valence-corrected chi connectivity index (χ3v) is 7.03. The van der Waals surface area contributed by atoms with Crippen molar-refractivity contribution in [1.82, 2.24) is 0 Å². The maximum Gasteiger partial charge on any atom is 0.341 e. The first-order chi connectivity index (χ1) is 16.1. The summed E-state index contributed by atoms with van der Waals surface area (Å²) in [5, 5.41) is 12.9. The number of thiophene rings is 1. The molecule has 2 heterocycles. The second kappa shape index (κ2) is 10.6. The van der Waals surface area contributed by atoms with Gasteiger partial charge < -0.3 is 19.7 Å². The molecule has 1 aliphatic heterocycles. The molecule has 2 aliphatic rings. The van der Waals surface area contributed by atoms with E-state index in [4.69, 9.17) is 9.47 Å². The van der Waals surface area contributed by atoms with Crippen LogP contribution < -0.4 is 10.2 Å². The lowest BCUT2D eigenvalue weighted by molar-refractivity contribution is -0.112. The smallest absolute Gasteiger partial charge is 0.341 e. The van der Waals surface area contributed by atoms with E-state index in [1.54, 1.807) is 13.0 Å². The van der Waals surface area contributed by atoms with Crippen LogP contribution in [0.3, 0.4) is 0 Å². The van der Waals surface area contributed by atoms with Crippen molar-refractivity contribution >= 4 is 40.0 Å². The SMILES string of the molecule is CCOC(=O)c1c(NC(=O)C(C#N)=Cc2ccc(N3CCOCC3)cc2)sc2c1CCCC2. The molecular weight excluding hydrogens is 438 g/mol. The number of aryl methyl sites for hydroxylation is 1. The fourth-order valence-corrected chi connectivity index (χ4v) is 5.43. The number of hydrogen-bond acceptors (Lipinski definition) is 7. The molecule has 0 atom stereocenters. The Bertz CT molecular complexity index is 1090. The lowest BCUT2D eigenvalue weighted by Crippen LogP contribution is -2.36. The fourth-order valence-electron chi connectivity index (χ4n) is 4.16. The van der Waals surface area contributed by atoms with E-state index < -0.39 is 11.9 Å². The van der Waals surface area contributed by atoms with Gasteiger partial charge in [-0.25, -0.2) is 4.79 Å². The molecule has 0 radical (unpaired) electrons. The van der Waals surface area contributed by atoms with E-state index in [9.17, 15) is 14.9 Å². The van der Waals surface area contributed by atoms with E-state index in [0.29, 0.717) is 23.8 Å². The first-order valence-corrected chi connectivity index (χ1v) is 12.1. The number of carbonyl (C=O) groups excluding carboxylic acids is 2. The van der Waals surface area contributed by atoms with Gasteiger partial charge in [-0.3, -0.25) is 4.79 Å². The maximum atomic E-state index is 12.9. The number of anilines is 2. The molecule has 1 saturated heterocycles. The molecule has 1 fully saturated rings. The number of morpholine rings is 1. The van der Waals surface area contributed by atoms with Crippen LogP contribution in [0, 0.1) is 11.3 Å². The van der Waals surface area contributed by atoms with Gasteiger partial charge in [0.1, 0.15) is 16.6 Å². The number of nitrogens with one attached hydrogen (secondary N) is 1. The molecule has 1 aromatic heterocycles. The van der Waals surface area contributed by atoms with Gasteiger partial charge in [0.2, 0.25) is 0 Å². The summed E-state index contributed by atoms with van der Waals surface area (Å²) in [6.45, 7) is 5.13. The number of amides is 1. The van der Waals surface area contributed by atoms with Crippen LogP contribution in [0.1, 0.15) is 46.1 Å². The van der Waals surface area contributed by atoms with Gasteiger partial charge in [0.25, 0.3) is 5.91 Å². The van der Waals surface area contributed by atoms with Crippen LogP contribution in [0.2, 0.25) is 0 Å². The summed E-state index contributed by atoms with van der Waals surface area (Å²) in [6, 6.07) is 9.74. The van der Waals surface area contributed by atoms with E-state index in [0.717, 1.165) is 60.5 Å². The molecule has 0 spiro atoms. The predicted octanol–water partition coefficient (Wildman–Crippen LogP) is 4.19. The Morgan fingerprint density at radius 2 is 1.94 bits per heavy atom. The third-order valence-electron chi connectivity index (χ3n) is 5.82. The van der Waals surface area contributed by atoms with Crippen LogP contribution in [-0.2, 0) is 27.1 Å². The molecule has 0 bridgehead atoms. The Morgan fingerprint density at radius 3 is 2.64 bits per heavy atom. The van der Waals surface area contributed by atoms with E-state index in [-0.39, 0.29) is 12.2 Å². The van der Waals surface area contributed by atoms with Gasteiger partial charge in [-0.1, -0.05) is 12.1 Å². The molecule has 4 rings (SSSR count). The minimum absolute atomic E-state index is 0.0182. The summed E-state index contributed by atoms with van der Waals surface area (Å²) < 4.78 is 10.6. The molecular formula is C25H27N3O4S. The van der Waals surface area contributed by atoms with Crippen molar-refractivity contribution in [2.75, 3.05) is 43.1 Å². The number of benzene rings is 1. The monoisotopic (exact) mass is 465 g/mol. The number of esters is 1. The van der Waals surface area contributed by atoms with Crippen molar-refractivity contribution in [3.63, 3.8) is 0 Å². The zero-order valence-electron chi connectivity index (χ0n) is 18.7. The fraction of sp³-hybridized carbons (Fsp3) is 0.400. The van der Waals surface area contributed by atoms with Crippen LogP contribution in [0.25, 0.3) is 6.08 Å². The Kier molecular flexibility index (Phi) is 7.43. The summed E-state index contributed by atoms with van der Waals surface area (Å²) >= 11 is 1.41. The third kappa shape index (κ3) is 5.27. The molecule has 0 saturated carbocycles. The van der Waals surface area contributed by atoms with Gasteiger partial charge in [-0.15, -0.1) is 11.3 Å². The number of nitrogens with zero attached hydrogens (tertiary/aromatic N) is 2. The topological polar surface area (TPSA) is 91.7 Å². The highest BCUT2D eigenvalue weighted by Gasteiger charge is 2.27. The summed E-state index contributed by atoms with van der Waals surface area (Å²) in [5.41, 5.74) is 3.24. The van der Waals surface area contributed by atoms with E-state index >= 15 is 0 Å². The van der Waals surface area contributed by atoms with Gasteiger partial charge in [0.15, 0.2) is 0 Å². The molecule has 172 valence electrons. The van der Waals surface area contributed by atoms with Crippen LogP contribution in [-0.4, -0.2) is 44.8 Å². The van der Waals surface area contributed by atoms with Crippen molar-refractivity contribution in [1.29, 1.82) is 5.26 Å². The lowest BCUT2D eigenvalue weighted by atomic mass is 9.95. The molecule has 2 aromatic rings. The number of nitriles is 1. The van der Waals surface area contributed by atoms with Gasteiger partial charge in [0, 0.05) is 23.7 Å². The van der Waals surface area contributed by atoms with Crippen LogP contribution in [0.5, 0.6) is 0 Å². The van der Waals surface area contributed by atoms with Crippen LogP contribution in [0.15, 0.2) is 29.8 Å². The first-order valence-electron chi connectivity index (χ1n) is 11.3. The molecule has 1 aliphatic carbocycles. The average molecular weight is 466 g/mol. The van der Waals surface area contributed by atoms with Crippen LogP contribution in [0.4, 0.5) is 10.7 Å². The Labute approximate surface area is 197 Å². The first kappa shape index (κ1) is 23.0. The average Bonchev–Trinajstić information content (AvgIpc) is 3.21. The van der Waals surface area contributed by atoms with E-state index in [2.05, 4.69) is 10.2 Å². The Balaban J connectivity index is 1.53. The number of rotatable bonds is 6. The summed E-state index contributed by atoms with van der Waals surface area (Å²) in [7, 11) is 0. The molecule has 8 heteroatoms. The van der Waals surface area contributed by atoms with Gasteiger partial charge in [0.05, 0.1) is 25.4 Å². The van der Waals surface area contributed by atoms with Crippen LogP contribution >= 0.6 is 11.3 Å². The highest BCUT2D eigenvalue weighted by Crippen LogP contribution is 2.38. The lowest BCUT2D eigenvalue weighted by Gasteiger charge is -2.28. The highest BCUT2D eigenvalue weighted by atomic mass is 32.1. The normalized spacial score (nSPS) is 16.0. The predicted molar refractivity (Wildman–Crippen MR) is 129 cm³/mol. The Hall–Kier alpha value is -3.15. The largest absolute Gasteiger partial charge is 0.462 e. The maximum absolute atomic E-state index is 12.9. The molecule has 1 amide bonds. The standard InChI is InChI=1S/C25H27N3O4S/c1-2-32-25(30)22-20-5-3-4-6-21(20)33-24(22)27-23(29)18(16-26)15-17-7-9-19(10-8-17)28-11-13-31-14-12-28/h7-10,15H,2-6,11-14H2,1H3,(H,27,29). The number of carbonyl (C=O) groups is 2. The minimum atomic E-state index is -0.529. The Morgan fingerprint density at radius 1 is 1.21 bits per heavy atom. The second-order valence-corrected chi connectivity index (χ2v) is 9.06.